The number of fused-ring (bicyclic) bond motifs is 1. The number of esters is 1. The third-order valence-corrected chi connectivity index (χ3v) is 10.2. The summed E-state index contributed by atoms with van der Waals surface area (Å²) in [5.74, 6) is -2.58. The Hall–Kier alpha value is -2.97. The van der Waals surface area contributed by atoms with Crippen LogP contribution < -0.4 is 0 Å². The van der Waals surface area contributed by atoms with E-state index in [0.717, 1.165) is 37.7 Å². The zero-order valence-electron chi connectivity index (χ0n) is 24.9. The van der Waals surface area contributed by atoms with Gasteiger partial charge in [-0.2, -0.15) is 0 Å². The summed E-state index contributed by atoms with van der Waals surface area (Å²) in [6, 6.07) is 8.14. The summed E-state index contributed by atoms with van der Waals surface area (Å²) in [5.41, 5.74) is -1.07. The number of carbonyl (C=O) groups is 3. The van der Waals surface area contributed by atoms with Gasteiger partial charge in [0.1, 0.15) is 17.6 Å². The summed E-state index contributed by atoms with van der Waals surface area (Å²) >= 11 is 0. The molecule has 0 radical (unpaired) electrons. The Morgan fingerprint density at radius 1 is 1.17 bits per heavy atom. The van der Waals surface area contributed by atoms with Gasteiger partial charge in [-0.1, -0.05) is 68.7 Å². The van der Waals surface area contributed by atoms with E-state index in [1.165, 1.54) is 0 Å². The maximum Gasteiger partial charge on any atom is 0.312 e. The van der Waals surface area contributed by atoms with E-state index in [4.69, 9.17) is 9.47 Å². The first-order valence-corrected chi connectivity index (χ1v) is 15.7. The van der Waals surface area contributed by atoms with Crippen LogP contribution in [0.1, 0.15) is 70.3 Å². The highest BCUT2D eigenvalue weighted by Gasteiger charge is 2.79. The molecular weight excluding hydrogens is 532 g/mol. The summed E-state index contributed by atoms with van der Waals surface area (Å²) in [4.78, 5) is 46.7. The van der Waals surface area contributed by atoms with Gasteiger partial charge in [-0.3, -0.25) is 14.4 Å². The lowest BCUT2D eigenvalue weighted by Crippen LogP contribution is -2.60. The van der Waals surface area contributed by atoms with Crippen molar-refractivity contribution in [3.05, 3.63) is 61.2 Å². The van der Waals surface area contributed by atoms with Crippen molar-refractivity contribution < 1.29 is 29.0 Å². The summed E-state index contributed by atoms with van der Waals surface area (Å²) < 4.78 is 12.6. The van der Waals surface area contributed by atoms with Crippen molar-refractivity contribution in [1.82, 2.24) is 9.80 Å². The van der Waals surface area contributed by atoms with Crippen molar-refractivity contribution in [2.24, 2.45) is 11.8 Å². The van der Waals surface area contributed by atoms with E-state index in [0.29, 0.717) is 38.6 Å². The quantitative estimate of drug-likeness (QED) is 0.214. The second-order valence-electron chi connectivity index (χ2n) is 12.4. The molecule has 228 valence electrons. The fraction of sp³-hybridized carbons (Fsp3) is 0.618. The zero-order chi connectivity index (χ0) is 29.9. The summed E-state index contributed by atoms with van der Waals surface area (Å²) in [6.07, 6.45) is 11.0. The molecule has 1 spiro atoms. The Kier molecular flexibility index (Phi) is 9.23. The Balaban J connectivity index is 1.58. The third-order valence-electron chi connectivity index (χ3n) is 10.2. The van der Waals surface area contributed by atoms with Gasteiger partial charge >= 0.3 is 5.97 Å². The molecule has 8 heteroatoms. The van der Waals surface area contributed by atoms with Gasteiger partial charge in [-0.25, -0.2) is 0 Å². The second kappa shape index (κ2) is 12.7. The van der Waals surface area contributed by atoms with Gasteiger partial charge in [-0.05, 0) is 50.5 Å². The van der Waals surface area contributed by atoms with Crippen LogP contribution in [-0.2, 0) is 30.3 Å². The number of rotatable bonds is 13. The van der Waals surface area contributed by atoms with Crippen LogP contribution in [-0.4, -0.2) is 81.8 Å². The molecule has 42 heavy (non-hydrogen) atoms. The van der Waals surface area contributed by atoms with Gasteiger partial charge in [0.15, 0.2) is 0 Å². The maximum atomic E-state index is 14.9. The topological polar surface area (TPSA) is 96.4 Å². The number of aliphatic hydroxyl groups excluding tert-OH is 1. The number of ether oxygens (including phenoxy) is 2. The average Bonchev–Trinajstić information content (AvgIpc) is 3.63. The molecule has 3 aliphatic heterocycles. The molecule has 2 amide bonds. The Bertz CT molecular complexity index is 1170. The first-order chi connectivity index (χ1) is 20.4. The van der Waals surface area contributed by atoms with E-state index >= 15 is 0 Å². The van der Waals surface area contributed by atoms with Crippen LogP contribution in [0.3, 0.4) is 0 Å². The standard InChI is InChI=1S/C34H46N2O6/c1-4-7-21-41-32(40)28-27-30(38)36(26(23-37)22-24-14-10-8-11-15-24)29(34(27)19-18-33(28,6-3)42-34)31(39)35(20-5-2)25-16-12-9-13-17-25/h4-5,8,10-11,14-15,25-29,37H,1-2,6-7,9,12-13,16-23H2,3H3/t26-,27+,28+,29?,33-,34?/m1/s1. The third kappa shape index (κ3) is 5.11. The van der Waals surface area contributed by atoms with E-state index in [1.807, 2.05) is 42.2 Å². The van der Waals surface area contributed by atoms with Crippen molar-refractivity contribution in [3.8, 4) is 0 Å². The lowest BCUT2D eigenvalue weighted by molar-refractivity contribution is -0.164. The average molecular weight is 579 g/mol. The molecule has 2 bridgehead atoms. The summed E-state index contributed by atoms with van der Waals surface area (Å²) in [6.45, 7) is 9.86. The fourth-order valence-corrected chi connectivity index (χ4v) is 8.26. The molecule has 1 aromatic carbocycles. The van der Waals surface area contributed by atoms with Gasteiger partial charge in [0.05, 0.1) is 30.8 Å². The minimum Gasteiger partial charge on any atom is -0.465 e. The number of carbonyl (C=O) groups excluding carboxylic acids is 3. The predicted molar refractivity (Wildman–Crippen MR) is 159 cm³/mol. The van der Waals surface area contributed by atoms with Gasteiger partial charge in [-0.15, -0.1) is 13.2 Å². The van der Waals surface area contributed by atoms with Crippen LogP contribution in [0.5, 0.6) is 0 Å². The molecular formula is C34H46N2O6. The summed E-state index contributed by atoms with van der Waals surface area (Å²) in [7, 11) is 0. The molecule has 1 N–H and O–H groups in total. The number of aliphatic hydroxyl groups is 1. The number of benzene rings is 1. The monoisotopic (exact) mass is 578 g/mol. The number of hydrogen-bond acceptors (Lipinski definition) is 6. The fourth-order valence-electron chi connectivity index (χ4n) is 8.26. The molecule has 4 fully saturated rings. The van der Waals surface area contributed by atoms with Gasteiger partial charge < -0.3 is 24.4 Å². The van der Waals surface area contributed by atoms with E-state index in [2.05, 4.69) is 13.2 Å². The molecule has 3 saturated heterocycles. The van der Waals surface area contributed by atoms with Crippen LogP contribution >= 0.6 is 0 Å². The van der Waals surface area contributed by atoms with Gasteiger partial charge in [0.25, 0.3) is 0 Å². The number of amides is 2. The smallest absolute Gasteiger partial charge is 0.312 e. The highest BCUT2D eigenvalue weighted by Crippen LogP contribution is 2.65. The molecule has 8 nitrogen and oxygen atoms in total. The van der Waals surface area contributed by atoms with Crippen molar-refractivity contribution in [1.29, 1.82) is 0 Å². The highest BCUT2D eigenvalue weighted by atomic mass is 16.6. The van der Waals surface area contributed by atoms with Crippen LogP contribution in [0, 0.1) is 11.8 Å². The molecule has 0 aromatic heterocycles. The molecule has 5 rings (SSSR count). The Labute approximate surface area is 249 Å². The molecule has 4 aliphatic rings. The van der Waals surface area contributed by atoms with Crippen molar-refractivity contribution >= 4 is 17.8 Å². The molecule has 1 aromatic rings. The minimum absolute atomic E-state index is 0.0526. The molecule has 3 heterocycles. The number of nitrogens with zero attached hydrogens (tertiary/aromatic N) is 2. The zero-order valence-corrected chi connectivity index (χ0v) is 24.9. The Morgan fingerprint density at radius 2 is 1.90 bits per heavy atom. The van der Waals surface area contributed by atoms with Crippen molar-refractivity contribution in [2.45, 2.75) is 100 Å². The maximum absolute atomic E-state index is 14.9. The van der Waals surface area contributed by atoms with Crippen molar-refractivity contribution in [2.75, 3.05) is 19.8 Å². The van der Waals surface area contributed by atoms with Gasteiger partial charge in [0, 0.05) is 12.6 Å². The SMILES string of the molecule is C=CCCOC(=O)[C@@H]1[C@H]2C(=O)N([C@@H](CO)Cc3ccccc3)C(C(=O)N(CC=C)C3CCCCC3)C23CC[C@@]1(CC)O3. The molecule has 2 unspecified atom stereocenters. The molecule has 6 atom stereocenters. The van der Waals surface area contributed by atoms with Crippen molar-refractivity contribution in [3.63, 3.8) is 0 Å². The normalized spacial score (nSPS) is 31.0. The van der Waals surface area contributed by atoms with E-state index < -0.39 is 41.1 Å². The number of hydrogen-bond donors (Lipinski definition) is 1. The van der Waals surface area contributed by atoms with Gasteiger partial charge in [0.2, 0.25) is 11.8 Å². The van der Waals surface area contributed by atoms with Crippen LogP contribution in [0.15, 0.2) is 55.6 Å². The highest BCUT2D eigenvalue weighted by molar-refractivity contribution is 5.99. The van der Waals surface area contributed by atoms with E-state index in [9.17, 15) is 19.5 Å². The first-order valence-electron chi connectivity index (χ1n) is 15.7. The minimum atomic E-state index is -1.16. The first kappa shape index (κ1) is 30.5. The van der Waals surface area contributed by atoms with E-state index in [-0.39, 0.29) is 31.1 Å². The largest absolute Gasteiger partial charge is 0.465 e. The predicted octanol–water partition coefficient (Wildman–Crippen LogP) is 4.21. The second-order valence-corrected chi connectivity index (χ2v) is 12.4. The van der Waals surface area contributed by atoms with Crippen LogP contribution in [0.25, 0.3) is 0 Å². The Morgan fingerprint density at radius 3 is 2.55 bits per heavy atom. The molecule has 1 saturated carbocycles. The lowest BCUT2D eigenvalue weighted by atomic mass is 9.65. The van der Waals surface area contributed by atoms with E-state index in [1.54, 1.807) is 17.1 Å². The van der Waals surface area contributed by atoms with Crippen LogP contribution in [0.4, 0.5) is 0 Å². The molecule has 1 aliphatic carbocycles. The van der Waals surface area contributed by atoms with Crippen LogP contribution in [0.2, 0.25) is 0 Å². The lowest BCUT2D eigenvalue weighted by Gasteiger charge is -2.42. The summed E-state index contributed by atoms with van der Waals surface area (Å²) in [5, 5.41) is 10.7. The number of likely N-dealkylation sites (tertiary alicyclic amines) is 1.